The van der Waals surface area contributed by atoms with Gasteiger partial charge in [-0.25, -0.2) is 21.6 Å². The van der Waals surface area contributed by atoms with Gasteiger partial charge in [0.05, 0.1) is 33.3 Å². The lowest BCUT2D eigenvalue weighted by molar-refractivity contribution is 0.102. The van der Waals surface area contributed by atoms with Crippen LogP contribution < -0.4 is 19.5 Å². The molecule has 3 N–H and O–H groups in total. The Labute approximate surface area is 209 Å². The minimum absolute atomic E-state index is 0.00147. The maximum atomic E-state index is 12.9. The number of anilines is 2. The van der Waals surface area contributed by atoms with Gasteiger partial charge in [-0.05, 0) is 62.4 Å². The Hall–Kier alpha value is -3.12. The average Bonchev–Trinajstić information content (AvgIpc) is 2.80. The molecule has 1 amide bonds. The Kier molecular flexibility index (Phi) is 8.06. The van der Waals surface area contributed by atoms with Crippen molar-refractivity contribution in [2.45, 2.75) is 29.7 Å². The van der Waals surface area contributed by atoms with Crippen LogP contribution >= 0.6 is 11.6 Å². The van der Waals surface area contributed by atoms with Crippen LogP contribution in [0.3, 0.4) is 0 Å². The third kappa shape index (κ3) is 6.51. The highest BCUT2D eigenvalue weighted by Gasteiger charge is 2.20. The van der Waals surface area contributed by atoms with Gasteiger partial charge >= 0.3 is 0 Å². The predicted molar refractivity (Wildman–Crippen MR) is 135 cm³/mol. The van der Waals surface area contributed by atoms with E-state index in [4.69, 9.17) is 16.3 Å². The molecule has 186 valence electrons. The summed E-state index contributed by atoms with van der Waals surface area (Å²) in [5, 5.41) is 2.61. The molecule has 0 unspecified atom stereocenters. The number of methoxy groups -OCH3 is 1. The minimum atomic E-state index is -3.87. The van der Waals surface area contributed by atoms with E-state index in [1.54, 1.807) is 32.0 Å². The summed E-state index contributed by atoms with van der Waals surface area (Å²) in [4.78, 5) is 12.9. The summed E-state index contributed by atoms with van der Waals surface area (Å²) in [6.45, 7) is 3.38. The van der Waals surface area contributed by atoms with Gasteiger partial charge in [-0.3, -0.25) is 9.52 Å². The Morgan fingerprint density at radius 3 is 2.14 bits per heavy atom. The van der Waals surface area contributed by atoms with Crippen LogP contribution in [-0.2, 0) is 20.0 Å². The summed E-state index contributed by atoms with van der Waals surface area (Å²) >= 11 is 6.24. The molecule has 0 fully saturated rings. The number of rotatable bonds is 9. The fourth-order valence-electron chi connectivity index (χ4n) is 3.07. The van der Waals surface area contributed by atoms with Crippen molar-refractivity contribution >= 4 is 48.9 Å². The molecule has 0 bridgehead atoms. The van der Waals surface area contributed by atoms with Crippen LogP contribution in [0.4, 0.5) is 11.4 Å². The van der Waals surface area contributed by atoms with Crippen LogP contribution in [0.2, 0.25) is 5.02 Å². The predicted octanol–water partition coefficient (Wildman–Crippen LogP) is 4.09. The third-order valence-corrected chi connectivity index (χ3v) is 8.00. The van der Waals surface area contributed by atoms with Crippen LogP contribution in [0.15, 0.2) is 76.5 Å². The van der Waals surface area contributed by atoms with E-state index in [1.165, 1.54) is 55.6 Å². The lowest BCUT2D eigenvalue weighted by Crippen LogP contribution is -2.30. The quantitative estimate of drug-likeness (QED) is 0.377. The molecular weight excluding hydrogens is 514 g/mol. The van der Waals surface area contributed by atoms with Crippen LogP contribution in [0, 0.1) is 0 Å². The average molecular weight is 538 g/mol. The molecule has 0 heterocycles. The van der Waals surface area contributed by atoms with Crippen molar-refractivity contribution in [2.75, 3.05) is 17.1 Å². The van der Waals surface area contributed by atoms with Crippen molar-refractivity contribution < 1.29 is 26.4 Å². The van der Waals surface area contributed by atoms with E-state index >= 15 is 0 Å². The van der Waals surface area contributed by atoms with Crippen molar-refractivity contribution in [3.8, 4) is 5.75 Å². The first kappa shape index (κ1) is 26.5. The number of nitrogens with one attached hydrogen (secondary N) is 3. The van der Waals surface area contributed by atoms with Gasteiger partial charge in [0, 0.05) is 11.6 Å². The van der Waals surface area contributed by atoms with E-state index in [1.807, 2.05) is 0 Å². The normalized spacial score (nSPS) is 11.8. The fraction of sp³-hybridized carbons (Fsp3) is 0.174. The van der Waals surface area contributed by atoms with Crippen LogP contribution in [0.1, 0.15) is 24.2 Å². The van der Waals surface area contributed by atoms with E-state index in [9.17, 15) is 21.6 Å². The van der Waals surface area contributed by atoms with Crippen molar-refractivity contribution in [3.05, 3.63) is 77.3 Å². The van der Waals surface area contributed by atoms with Gasteiger partial charge in [0.25, 0.3) is 15.9 Å². The molecule has 0 atom stereocenters. The third-order valence-electron chi connectivity index (χ3n) is 4.65. The highest BCUT2D eigenvalue weighted by atomic mass is 35.5. The van der Waals surface area contributed by atoms with Gasteiger partial charge in [0.15, 0.2) is 0 Å². The second-order valence-electron chi connectivity index (χ2n) is 7.71. The number of sulfonamides is 2. The highest BCUT2D eigenvalue weighted by molar-refractivity contribution is 7.92. The van der Waals surface area contributed by atoms with Gasteiger partial charge in [-0.1, -0.05) is 29.8 Å². The summed E-state index contributed by atoms with van der Waals surface area (Å²) in [7, 11) is -6.29. The zero-order valence-electron chi connectivity index (χ0n) is 19.1. The van der Waals surface area contributed by atoms with Gasteiger partial charge in [0.2, 0.25) is 10.0 Å². The zero-order chi connectivity index (χ0) is 25.8. The second-order valence-corrected chi connectivity index (χ2v) is 11.5. The molecule has 0 saturated heterocycles. The first-order valence-electron chi connectivity index (χ1n) is 10.3. The molecule has 0 spiro atoms. The smallest absolute Gasteiger partial charge is 0.261 e. The first-order chi connectivity index (χ1) is 16.4. The first-order valence-corrected chi connectivity index (χ1v) is 13.7. The Morgan fingerprint density at radius 1 is 0.857 bits per heavy atom. The number of benzene rings is 3. The van der Waals surface area contributed by atoms with Crippen molar-refractivity contribution in [1.29, 1.82) is 0 Å². The second kappa shape index (κ2) is 10.6. The van der Waals surface area contributed by atoms with E-state index < -0.39 is 26.0 Å². The molecule has 0 radical (unpaired) electrons. The maximum absolute atomic E-state index is 12.9. The number of carbonyl (C=O) groups excluding carboxylic acids is 1. The molecule has 12 heteroatoms. The maximum Gasteiger partial charge on any atom is 0.261 e. The van der Waals surface area contributed by atoms with Crippen molar-refractivity contribution in [1.82, 2.24) is 4.72 Å². The van der Waals surface area contributed by atoms with E-state index in [-0.39, 0.29) is 43.5 Å². The Bertz CT molecular complexity index is 1440. The SMILES string of the molecule is COc1ccc(S(=O)(=O)NC(C)C)cc1NC(=O)c1ccc(NS(=O)(=O)c2ccccc2)c(Cl)c1. The molecule has 0 saturated carbocycles. The molecule has 0 aliphatic carbocycles. The number of amides is 1. The number of hydrogen-bond donors (Lipinski definition) is 3. The molecule has 3 aromatic carbocycles. The molecule has 0 aromatic heterocycles. The molecule has 3 rings (SSSR count). The summed E-state index contributed by atoms with van der Waals surface area (Å²) in [6.07, 6.45) is 0. The summed E-state index contributed by atoms with van der Waals surface area (Å²) in [6, 6.07) is 15.6. The summed E-state index contributed by atoms with van der Waals surface area (Å²) in [5.41, 5.74) is 0.347. The Morgan fingerprint density at radius 2 is 1.54 bits per heavy atom. The molecule has 3 aromatic rings. The van der Waals surface area contributed by atoms with Gasteiger partial charge in [0.1, 0.15) is 5.75 Å². The van der Waals surface area contributed by atoms with Crippen LogP contribution in [0.5, 0.6) is 5.75 Å². The fourth-order valence-corrected chi connectivity index (χ4v) is 5.73. The van der Waals surface area contributed by atoms with Gasteiger partial charge in [-0.2, -0.15) is 0 Å². The van der Waals surface area contributed by atoms with Gasteiger partial charge < -0.3 is 10.1 Å². The summed E-state index contributed by atoms with van der Waals surface area (Å²) < 4.78 is 60.2. The van der Waals surface area contributed by atoms with E-state index in [2.05, 4.69) is 14.8 Å². The Balaban J connectivity index is 1.84. The van der Waals surface area contributed by atoms with E-state index in [0.29, 0.717) is 0 Å². The lowest BCUT2D eigenvalue weighted by Gasteiger charge is -2.15. The highest BCUT2D eigenvalue weighted by Crippen LogP contribution is 2.30. The molecule has 9 nitrogen and oxygen atoms in total. The van der Waals surface area contributed by atoms with Crippen molar-refractivity contribution in [3.63, 3.8) is 0 Å². The van der Waals surface area contributed by atoms with E-state index in [0.717, 1.165) is 0 Å². The topological polar surface area (TPSA) is 131 Å². The molecule has 0 aliphatic heterocycles. The molecule has 35 heavy (non-hydrogen) atoms. The molecule has 0 aliphatic rings. The molecular formula is C23H24ClN3O6S2. The number of ether oxygens (including phenoxy) is 1. The number of hydrogen-bond acceptors (Lipinski definition) is 6. The van der Waals surface area contributed by atoms with Gasteiger partial charge in [-0.15, -0.1) is 0 Å². The standard InChI is InChI=1S/C23H24ClN3O6S2/c1-15(2)26-35(31,32)18-10-12-22(33-3)21(14-18)25-23(28)16-9-11-20(19(24)13-16)27-34(29,30)17-7-5-4-6-8-17/h4-15,26-27H,1-3H3,(H,25,28). The number of halogens is 1. The van der Waals surface area contributed by atoms with Crippen molar-refractivity contribution in [2.24, 2.45) is 0 Å². The lowest BCUT2D eigenvalue weighted by atomic mass is 10.2. The van der Waals surface area contributed by atoms with Crippen LogP contribution in [0.25, 0.3) is 0 Å². The monoisotopic (exact) mass is 537 g/mol. The number of carbonyl (C=O) groups is 1. The zero-order valence-corrected chi connectivity index (χ0v) is 21.5. The summed E-state index contributed by atoms with van der Waals surface area (Å²) in [5.74, 6) is -0.353. The van der Waals surface area contributed by atoms with Crippen LogP contribution in [-0.4, -0.2) is 35.9 Å². The minimum Gasteiger partial charge on any atom is -0.495 e. The largest absolute Gasteiger partial charge is 0.495 e.